The predicted molar refractivity (Wildman–Crippen MR) is 89.2 cm³/mol. The zero-order valence-corrected chi connectivity index (χ0v) is 13.9. The van der Waals surface area contributed by atoms with Gasteiger partial charge in [-0.3, -0.25) is 4.72 Å². The van der Waals surface area contributed by atoms with Gasteiger partial charge in [-0.2, -0.15) is 0 Å². The normalized spacial score (nSPS) is 11.3. The van der Waals surface area contributed by atoms with Crippen LogP contribution in [0.25, 0.3) is 0 Å². The molecule has 0 saturated carbocycles. The van der Waals surface area contributed by atoms with Crippen LogP contribution in [0.4, 0.5) is 5.69 Å². The van der Waals surface area contributed by atoms with Crippen molar-refractivity contribution in [2.75, 3.05) is 11.8 Å². The van der Waals surface area contributed by atoms with Gasteiger partial charge in [0, 0.05) is 10.1 Å². The van der Waals surface area contributed by atoms with Crippen LogP contribution in [-0.4, -0.2) is 15.5 Å². The molecular formula is C14H15IN2O2S. The number of anilines is 1. The smallest absolute Gasteiger partial charge is 0.261 e. The van der Waals surface area contributed by atoms with Crippen molar-refractivity contribution in [3.63, 3.8) is 0 Å². The second-order valence-electron chi connectivity index (χ2n) is 4.26. The Hall–Kier alpha value is -1.12. The molecule has 106 valence electrons. The highest BCUT2D eigenvalue weighted by molar-refractivity contribution is 14.1. The van der Waals surface area contributed by atoms with Gasteiger partial charge in [-0.15, -0.1) is 0 Å². The summed E-state index contributed by atoms with van der Waals surface area (Å²) >= 11 is 2.10. The average Bonchev–Trinajstić information content (AvgIpc) is 2.42. The van der Waals surface area contributed by atoms with Gasteiger partial charge in [-0.1, -0.05) is 24.3 Å². The Morgan fingerprint density at radius 3 is 2.55 bits per heavy atom. The van der Waals surface area contributed by atoms with Gasteiger partial charge in [0.1, 0.15) is 0 Å². The summed E-state index contributed by atoms with van der Waals surface area (Å²) in [6, 6.07) is 14.2. The van der Waals surface area contributed by atoms with Gasteiger partial charge in [0.05, 0.1) is 10.6 Å². The van der Waals surface area contributed by atoms with E-state index >= 15 is 0 Å². The molecule has 0 aliphatic heterocycles. The maximum Gasteiger partial charge on any atom is 0.261 e. The zero-order chi connectivity index (χ0) is 14.6. The summed E-state index contributed by atoms with van der Waals surface area (Å²) in [5, 5.41) is 3.01. The van der Waals surface area contributed by atoms with Gasteiger partial charge >= 0.3 is 0 Å². The molecule has 2 N–H and O–H groups in total. The zero-order valence-electron chi connectivity index (χ0n) is 10.9. The number of halogens is 1. The van der Waals surface area contributed by atoms with Crippen molar-refractivity contribution in [3.8, 4) is 0 Å². The molecule has 0 bridgehead atoms. The SMILES string of the molecule is CNCc1cccc(S(=O)(=O)Nc2ccccc2I)c1. The highest BCUT2D eigenvalue weighted by Crippen LogP contribution is 2.21. The molecule has 0 radical (unpaired) electrons. The average molecular weight is 402 g/mol. The Balaban J connectivity index is 2.31. The van der Waals surface area contributed by atoms with E-state index in [1.807, 2.05) is 25.2 Å². The quantitative estimate of drug-likeness (QED) is 0.757. The second-order valence-corrected chi connectivity index (χ2v) is 7.11. The molecule has 0 heterocycles. The first-order chi connectivity index (χ1) is 9.53. The van der Waals surface area contributed by atoms with Crippen LogP contribution in [0.5, 0.6) is 0 Å². The van der Waals surface area contributed by atoms with Crippen LogP contribution in [0.15, 0.2) is 53.4 Å². The molecule has 0 aliphatic rings. The molecule has 0 amide bonds. The molecule has 2 aromatic carbocycles. The van der Waals surface area contributed by atoms with E-state index in [-0.39, 0.29) is 4.90 Å². The number of rotatable bonds is 5. The van der Waals surface area contributed by atoms with Crippen molar-refractivity contribution in [2.45, 2.75) is 11.4 Å². The largest absolute Gasteiger partial charge is 0.316 e. The monoisotopic (exact) mass is 402 g/mol. The third kappa shape index (κ3) is 3.71. The molecule has 0 aliphatic carbocycles. The molecule has 0 atom stereocenters. The summed E-state index contributed by atoms with van der Waals surface area (Å²) in [7, 11) is -1.73. The molecule has 2 rings (SSSR count). The van der Waals surface area contributed by atoms with Gasteiger partial charge in [0.25, 0.3) is 10.0 Å². The Kier molecular flexibility index (Phi) is 5.00. The first-order valence-electron chi connectivity index (χ1n) is 6.04. The Morgan fingerprint density at radius 2 is 1.85 bits per heavy atom. The van der Waals surface area contributed by atoms with Crippen LogP contribution in [0, 0.1) is 3.57 Å². The molecular weight excluding hydrogens is 387 g/mol. The lowest BCUT2D eigenvalue weighted by Crippen LogP contribution is -2.14. The standard InChI is InChI=1S/C14H15IN2O2S/c1-16-10-11-5-4-6-12(9-11)20(18,19)17-14-8-3-2-7-13(14)15/h2-9,16-17H,10H2,1H3. The molecule has 0 saturated heterocycles. The minimum atomic E-state index is -3.56. The van der Waals surface area contributed by atoms with Crippen molar-refractivity contribution >= 4 is 38.3 Å². The van der Waals surface area contributed by atoms with Crippen LogP contribution in [0.2, 0.25) is 0 Å². The highest BCUT2D eigenvalue weighted by atomic mass is 127. The third-order valence-corrected chi connectivity index (χ3v) is 5.01. The molecule has 0 fully saturated rings. The number of hydrogen-bond donors (Lipinski definition) is 2. The van der Waals surface area contributed by atoms with Crippen LogP contribution in [0.1, 0.15) is 5.56 Å². The Labute approximate surface area is 132 Å². The van der Waals surface area contributed by atoms with Crippen molar-refractivity contribution in [1.29, 1.82) is 0 Å². The Morgan fingerprint density at radius 1 is 1.10 bits per heavy atom. The van der Waals surface area contributed by atoms with E-state index in [1.165, 1.54) is 0 Å². The second kappa shape index (κ2) is 6.55. The summed E-state index contributed by atoms with van der Waals surface area (Å²) in [4.78, 5) is 0.268. The Bertz CT molecular complexity index is 702. The fraction of sp³-hybridized carbons (Fsp3) is 0.143. The molecule has 0 unspecified atom stereocenters. The highest BCUT2D eigenvalue weighted by Gasteiger charge is 2.15. The predicted octanol–water partition coefficient (Wildman–Crippen LogP) is 2.81. The number of nitrogens with one attached hydrogen (secondary N) is 2. The lowest BCUT2D eigenvalue weighted by molar-refractivity contribution is 0.601. The van der Waals surface area contributed by atoms with Gasteiger partial charge in [0.15, 0.2) is 0 Å². The summed E-state index contributed by atoms with van der Waals surface area (Å²) in [6.45, 7) is 0.631. The van der Waals surface area contributed by atoms with Gasteiger partial charge in [0.2, 0.25) is 0 Å². The minimum Gasteiger partial charge on any atom is -0.316 e. The lowest BCUT2D eigenvalue weighted by Gasteiger charge is -2.10. The van der Waals surface area contributed by atoms with Crippen LogP contribution in [-0.2, 0) is 16.6 Å². The maximum absolute atomic E-state index is 12.4. The first kappa shape index (κ1) is 15.3. The van der Waals surface area contributed by atoms with E-state index in [0.717, 1.165) is 9.13 Å². The number of benzene rings is 2. The maximum atomic E-state index is 12.4. The fourth-order valence-electron chi connectivity index (χ4n) is 1.77. The van der Waals surface area contributed by atoms with Crippen molar-refractivity contribution in [2.24, 2.45) is 0 Å². The molecule has 0 spiro atoms. The molecule has 0 aromatic heterocycles. The lowest BCUT2D eigenvalue weighted by atomic mass is 10.2. The molecule has 20 heavy (non-hydrogen) atoms. The van der Waals surface area contributed by atoms with E-state index in [0.29, 0.717) is 12.2 Å². The number of para-hydroxylation sites is 1. The molecule has 2 aromatic rings. The van der Waals surface area contributed by atoms with Crippen molar-refractivity contribution in [1.82, 2.24) is 5.32 Å². The first-order valence-corrected chi connectivity index (χ1v) is 8.60. The van der Waals surface area contributed by atoms with E-state index in [1.54, 1.807) is 30.3 Å². The van der Waals surface area contributed by atoms with Crippen molar-refractivity contribution < 1.29 is 8.42 Å². The van der Waals surface area contributed by atoms with E-state index < -0.39 is 10.0 Å². The topological polar surface area (TPSA) is 58.2 Å². The van der Waals surface area contributed by atoms with Crippen LogP contribution < -0.4 is 10.0 Å². The van der Waals surface area contributed by atoms with Crippen LogP contribution in [0.3, 0.4) is 0 Å². The summed E-state index contributed by atoms with van der Waals surface area (Å²) in [5.41, 5.74) is 1.52. The van der Waals surface area contributed by atoms with Gasteiger partial charge in [-0.05, 0) is 59.5 Å². The fourth-order valence-corrected chi connectivity index (χ4v) is 3.63. The number of sulfonamides is 1. The van der Waals surface area contributed by atoms with E-state index in [2.05, 4.69) is 32.6 Å². The van der Waals surface area contributed by atoms with Crippen LogP contribution >= 0.6 is 22.6 Å². The van der Waals surface area contributed by atoms with Gasteiger partial charge < -0.3 is 5.32 Å². The van der Waals surface area contributed by atoms with E-state index in [4.69, 9.17) is 0 Å². The van der Waals surface area contributed by atoms with E-state index in [9.17, 15) is 8.42 Å². The van der Waals surface area contributed by atoms with Gasteiger partial charge in [-0.25, -0.2) is 8.42 Å². The summed E-state index contributed by atoms with van der Waals surface area (Å²) in [6.07, 6.45) is 0. The summed E-state index contributed by atoms with van der Waals surface area (Å²) < 4.78 is 28.2. The third-order valence-electron chi connectivity index (χ3n) is 2.71. The minimum absolute atomic E-state index is 0.268. The summed E-state index contributed by atoms with van der Waals surface area (Å²) in [5.74, 6) is 0. The number of hydrogen-bond acceptors (Lipinski definition) is 3. The van der Waals surface area contributed by atoms with Crippen molar-refractivity contribution in [3.05, 3.63) is 57.7 Å². The molecule has 4 nitrogen and oxygen atoms in total. The molecule has 6 heteroatoms.